The van der Waals surface area contributed by atoms with E-state index in [1.807, 2.05) is 27.9 Å². The van der Waals surface area contributed by atoms with Crippen molar-refractivity contribution in [2.24, 2.45) is 0 Å². The van der Waals surface area contributed by atoms with Crippen molar-refractivity contribution in [3.05, 3.63) is 53.6 Å². The summed E-state index contributed by atoms with van der Waals surface area (Å²) in [5.41, 5.74) is 2.95. The number of nitrogens with one attached hydrogen (secondary N) is 1. The summed E-state index contributed by atoms with van der Waals surface area (Å²) in [6, 6.07) is 14.1. The highest BCUT2D eigenvalue weighted by molar-refractivity contribution is 5.94. The standard InChI is InChI=1S/C26H38N4O3/c1-6-32-24-13-10-21(18-25(24)33-7-2)26(31)27-19-23(30-16-14-29(5)15-17-30)20-8-11-22(12-9-20)28(3)4/h8-13,18,23H,6-7,14-17,19H2,1-5H3,(H,27,31)/t23-/m1/s1. The normalized spacial score (nSPS) is 15.7. The van der Waals surface area contributed by atoms with E-state index in [2.05, 4.69) is 51.3 Å². The minimum Gasteiger partial charge on any atom is -0.490 e. The van der Waals surface area contributed by atoms with Gasteiger partial charge in [-0.25, -0.2) is 0 Å². The zero-order valence-corrected chi connectivity index (χ0v) is 20.6. The van der Waals surface area contributed by atoms with Crippen molar-refractivity contribution < 1.29 is 14.3 Å². The number of benzene rings is 2. The second-order valence-electron chi connectivity index (χ2n) is 8.58. The van der Waals surface area contributed by atoms with Crippen LogP contribution in [0.4, 0.5) is 5.69 Å². The molecule has 7 heteroatoms. The van der Waals surface area contributed by atoms with Crippen molar-refractivity contribution in [1.29, 1.82) is 0 Å². The summed E-state index contributed by atoms with van der Waals surface area (Å²) < 4.78 is 11.3. The van der Waals surface area contributed by atoms with Crippen LogP contribution in [0, 0.1) is 0 Å². The van der Waals surface area contributed by atoms with E-state index >= 15 is 0 Å². The molecular formula is C26H38N4O3. The number of anilines is 1. The molecule has 1 saturated heterocycles. The van der Waals surface area contributed by atoms with Crippen LogP contribution in [0.2, 0.25) is 0 Å². The number of hydrogen-bond acceptors (Lipinski definition) is 6. The van der Waals surface area contributed by atoms with Gasteiger partial charge in [0.1, 0.15) is 0 Å². The Bertz CT molecular complexity index is 893. The molecule has 1 heterocycles. The molecule has 1 aliphatic heterocycles. The van der Waals surface area contributed by atoms with Gasteiger partial charge in [-0.05, 0) is 56.8 Å². The topological polar surface area (TPSA) is 57.3 Å². The van der Waals surface area contributed by atoms with Gasteiger partial charge >= 0.3 is 0 Å². The quantitative estimate of drug-likeness (QED) is 0.595. The largest absolute Gasteiger partial charge is 0.490 e. The first-order chi connectivity index (χ1) is 15.9. The number of piperazine rings is 1. The molecular weight excluding hydrogens is 416 g/mol. The van der Waals surface area contributed by atoms with Gasteiger partial charge in [0, 0.05) is 58.1 Å². The van der Waals surface area contributed by atoms with E-state index in [4.69, 9.17) is 9.47 Å². The van der Waals surface area contributed by atoms with Gasteiger partial charge in [-0.15, -0.1) is 0 Å². The number of hydrogen-bond donors (Lipinski definition) is 1. The molecule has 0 unspecified atom stereocenters. The molecule has 2 aromatic carbocycles. The van der Waals surface area contributed by atoms with Crippen LogP contribution in [-0.4, -0.2) is 82.8 Å². The van der Waals surface area contributed by atoms with E-state index in [1.165, 1.54) is 5.56 Å². The lowest BCUT2D eigenvalue weighted by Crippen LogP contribution is -2.48. The second-order valence-corrected chi connectivity index (χ2v) is 8.58. The molecule has 0 spiro atoms. The highest BCUT2D eigenvalue weighted by Gasteiger charge is 2.25. The van der Waals surface area contributed by atoms with Crippen LogP contribution in [0.1, 0.15) is 35.8 Å². The fourth-order valence-corrected chi connectivity index (χ4v) is 4.07. The van der Waals surface area contributed by atoms with Gasteiger partial charge in [0.05, 0.1) is 19.3 Å². The van der Waals surface area contributed by atoms with Crippen LogP contribution in [0.15, 0.2) is 42.5 Å². The van der Waals surface area contributed by atoms with Gasteiger partial charge in [-0.2, -0.15) is 0 Å². The highest BCUT2D eigenvalue weighted by atomic mass is 16.5. The Morgan fingerprint density at radius 3 is 2.21 bits per heavy atom. The van der Waals surface area contributed by atoms with Crippen LogP contribution in [0.5, 0.6) is 11.5 Å². The summed E-state index contributed by atoms with van der Waals surface area (Å²) in [4.78, 5) is 19.9. The second kappa shape index (κ2) is 11.9. The molecule has 0 bridgehead atoms. The van der Waals surface area contributed by atoms with E-state index in [0.29, 0.717) is 36.8 Å². The first-order valence-corrected chi connectivity index (χ1v) is 11.8. The average Bonchev–Trinajstić information content (AvgIpc) is 2.82. The van der Waals surface area contributed by atoms with Crippen LogP contribution in [-0.2, 0) is 0 Å². The SMILES string of the molecule is CCOc1ccc(C(=O)NC[C@H](c2ccc(N(C)C)cc2)N2CCN(C)CC2)cc1OCC. The van der Waals surface area contributed by atoms with Crippen molar-refractivity contribution in [2.45, 2.75) is 19.9 Å². The van der Waals surface area contributed by atoms with E-state index < -0.39 is 0 Å². The third-order valence-corrected chi connectivity index (χ3v) is 6.03. The maximum Gasteiger partial charge on any atom is 0.251 e. The number of amides is 1. The Morgan fingerprint density at radius 1 is 0.970 bits per heavy atom. The molecule has 2 aromatic rings. The van der Waals surface area contributed by atoms with Gasteiger partial charge in [0.25, 0.3) is 5.91 Å². The van der Waals surface area contributed by atoms with Crippen molar-refractivity contribution in [3.63, 3.8) is 0 Å². The molecule has 33 heavy (non-hydrogen) atoms. The Balaban J connectivity index is 1.75. The molecule has 7 nitrogen and oxygen atoms in total. The van der Waals surface area contributed by atoms with Crippen LogP contribution in [0.25, 0.3) is 0 Å². The minimum absolute atomic E-state index is 0.108. The van der Waals surface area contributed by atoms with Gasteiger partial charge < -0.3 is 24.6 Å². The van der Waals surface area contributed by atoms with Gasteiger partial charge in [0.2, 0.25) is 0 Å². The minimum atomic E-state index is -0.108. The lowest BCUT2D eigenvalue weighted by molar-refractivity contribution is 0.0886. The summed E-state index contributed by atoms with van der Waals surface area (Å²) in [5, 5.41) is 3.16. The average molecular weight is 455 g/mol. The van der Waals surface area contributed by atoms with Crippen LogP contribution in [0.3, 0.4) is 0 Å². The molecule has 180 valence electrons. The number of carbonyl (C=O) groups is 1. The molecule has 0 aromatic heterocycles. The third kappa shape index (κ3) is 6.62. The number of rotatable bonds is 10. The van der Waals surface area contributed by atoms with Crippen molar-refractivity contribution in [3.8, 4) is 11.5 Å². The summed E-state index contributed by atoms with van der Waals surface area (Å²) in [5.74, 6) is 1.15. The number of carbonyl (C=O) groups excluding carboxylic acids is 1. The number of ether oxygens (including phenoxy) is 2. The lowest BCUT2D eigenvalue weighted by atomic mass is 10.0. The maximum absolute atomic E-state index is 13.0. The fraction of sp³-hybridized carbons (Fsp3) is 0.500. The molecule has 3 rings (SSSR count). The van der Waals surface area contributed by atoms with E-state index in [1.54, 1.807) is 18.2 Å². The Kier molecular flexibility index (Phi) is 8.97. The van der Waals surface area contributed by atoms with Crippen LogP contribution < -0.4 is 19.7 Å². The molecule has 1 amide bonds. The molecule has 0 radical (unpaired) electrons. The van der Waals surface area contributed by atoms with E-state index in [9.17, 15) is 4.79 Å². The first kappa shape index (κ1) is 24.9. The van der Waals surface area contributed by atoms with Gasteiger partial charge in [-0.3, -0.25) is 9.69 Å². The molecule has 1 fully saturated rings. The first-order valence-electron chi connectivity index (χ1n) is 11.8. The van der Waals surface area contributed by atoms with Crippen LogP contribution >= 0.6 is 0 Å². The number of likely N-dealkylation sites (N-methyl/N-ethyl adjacent to an activating group) is 1. The Morgan fingerprint density at radius 2 is 1.61 bits per heavy atom. The summed E-state index contributed by atoms with van der Waals surface area (Å²) >= 11 is 0. The maximum atomic E-state index is 13.0. The molecule has 0 saturated carbocycles. The van der Waals surface area contributed by atoms with E-state index in [-0.39, 0.29) is 11.9 Å². The van der Waals surface area contributed by atoms with E-state index in [0.717, 1.165) is 31.9 Å². The molecule has 1 atom stereocenters. The predicted octanol–water partition coefficient (Wildman–Crippen LogP) is 3.27. The van der Waals surface area contributed by atoms with Gasteiger partial charge in [0.15, 0.2) is 11.5 Å². The van der Waals surface area contributed by atoms with Crippen molar-refractivity contribution in [2.75, 3.05) is 72.0 Å². The lowest BCUT2D eigenvalue weighted by Gasteiger charge is -2.38. The zero-order valence-electron chi connectivity index (χ0n) is 20.6. The molecule has 0 aliphatic carbocycles. The van der Waals surface area contributed by atoms with Crippen molar-refractivity contribution >= 4 is 11.6 Å². The fourth-order valence-electron chi connectivity index (χ4n) is 4.07. The van der Waals surface area contributed by atoms with Gasteiger partial charge in [-0.1, -0.05) is 12.1 Å². The summed E-state index contributed by atoms with van der Waals surface area (Å²) in [6.07, 6.45) is 0. The predicted molar refractivity (Wildman–Crippen MR) is 134 cm³/mol. The Hall–Kier alpha value is -2.77. The molecule has 1 N–H and O–H groups in total. The third-order valence-electron chi connectivity index (χ3n) is 6.03. The number of nitrogens with zero attached hydrogens (tertiary/aromatic N) is 3. The summed E-state index contributed by atoms with van der Waals surface area (Å²) in [7, 11) is 6.24. The smallest absolute Gasteiger partial charge is 0.251 e. The summed E-state index contributed by atoms with van der Waals surface area (Å²) in [6.45, 7) is 9.46. The molecule has 1 aliphatic rings. The van der Waals surface area contributed by atoms with Crippen molar-refractivity contribution in [1.82, 2.24) is 15.1 Å². The monoisotopic (exact) mass is 454 g/mol. The highest BCUT2D eigenvalue weighted by Crippen LogP contribution is 2.29. The Labute approximate surface area is 198 Å². The zero-order chi connectivity index (χ0) is 23.8.